The Morgan fingerprint density at radius 2 is 1.95 bits per heavy atom. The molecule has 2 aliphatic heterocycles. The fourth-order valence-electron chi connectivity index (χ4n) is 3.67. The summed E-state index contributed by atoms with van der Waals surface area (Å²) in [6, 6.07) is 6.57. The quantitative estimate of drug-likeness (QED) is 0.900. The van der Waals surface area contributed by atoms with Gasteiger partial charge in [0.2, 0.25) is 5.91 Å². The summed E-state index contributed by atoms with van der Waals surface area (Å²) in [5.41, 5.74) is 1.11. The summed E-state index contributed by atoms with van der Waals surface area (Å²) in [4.78, 5) is 13.6. The number of rotatable bonds is 3. The molecule has 2 N–H and O–H groups in total. The van der Waals surface area contributed by atoms with Crippen LogP contribution in [0.4, 0.5) is 15.8 Å². The molecule has 2 saturated heterocycles. The number of carbonyl (C=O) groups is 1. The van der Waals surface area contributed by atoms with E-state index >= 15 is 0 Å². The first kappa shape index (κ1) is 14.3. The zero-order valence-corrected chi connectivity index (χ0v) is 12.5. The number of fused-ring (bicyclic) bond motifs is 2. The van der Waals surface area contributed by atoms with Gasteiger partial charge < -0.3 is 15.5 Å². The van der Waals surface area contributed by atoms with Crippen molar-refractivity contribution in [2.75, 3.05) is 17.7 Å². The molecule has 3 rings (SSSR count). The van der Waals surface area contributed by atoms with Crippen LogP contribution in [0.25, 0.3) is 0 Å². The molecule has 21 heavy (non-hydrogen) atoms. The maximum Gasteiger partial charge on any atom is 0.221 e. The molecule has 0 aromatic heterocycles. The molecule has 2 aliphatic rings. The van der Waals surface area contributed by atoms with E-state index in [4.69, 9.17) is 0 Å². The molecule has 114 valence electrons. The highest BCUT2D eigenvalue weighted by atomic mass is 19.1. The van der Waals surface area contributed by atoms with E-state index in [1.165, 1.54) is 25.8 Å². The molecule has 0 aliphatic carbocycles. The van der Waals surface area contributed by atoms with Gasteiger partial charge in [-0.1, -0.05) is 0 Å². The van der Waals surface area contributed by atoms with Crippen LogP contribution in [0.15, 0.2) is 18.2 Å². The van der Waals surface area contributed by atoms with Crippen LogP contribution < -0.4 is 10.6 Å². The smallest absolute Gasteiger partial charge is 0.221 e. The second kappa shape index (κ2) is 5.64. The number of hydrogen-bond donors (Lipinski definition) is 2. The molecule has 0 spiro atoms. The van der Waals surface area contributed by atoms with Gasteiger partial charge in [0.25, 0.3) is 0 Å². The third-order valence-electron chi connectivity index (χ3n) is 4.75. The molecule has 0 radical (unpaired) electrons. The van der Waals surface area contributed by atoms with Crippen LogP contribution in [0, 0.1) is 5.82 Å². The van der Waals surface area contributed by atoms with E-state index in [2.05, 4.69) is 22.6 Å². The van der Waals surface area contributed by atoms with Crippen LogP contribution in [0.5, 0.6) is 0 Å². The van der Waals surface area contributed by atoms with Crippen molar-refractivity contribution in [2.24, 2.45) is 0 Å². The molecule has 5 heteroatoms. The first-order chi connectivity index (χ1) is 10.0. The van der Waals surface area contributed by atoms with Gasteiger partial charge in [-0.25, -0.2) is 4.39 Å². The van der Waals surface area contributed by atoms with E-state index in [0.717, 1.165) is 18.5 Å². The number of nitrogens with zero attached hydrogens (tertiary/aromatic N) is 1. The third-order valence-corrected chi connectivity index (χ3v) is 4.75. The number of piperidine rings is 1. The van der Waals surface area contributed by atoms with E-state index < -0.39 is 5.82 Å². The van der Waals surface area contributed by atoms with Crippen LogP contribution in [-0.2, 0) is 4.79 Å². The highest BCUT2D eigenvalue weighted by molar-refractivity contribution is 5.89. The average Bonchev–Trinajstić information content (AvgIpc) is 2.64. The lowest BCUT2D eigenvalue weighted by atomic mass is 9.97. The maximum atomic E-state index is 13.6. The number of carbonyl (C=O) groups excluding carboxylic acids is 1. The SMILES string of the molecule is CC(=O)Nc1cc(NC2CC3CCC(C2)N3C)ccc1F. The van der Waals surface area contributed by atoms with Gasteiger partial charge in [0.15, 0.2) is 0 Å². The first-order valence-corrected chi connectivity index (χ1v) is 7.58. The van der Waals surface area contributed by atoms with Gasteiger partial charge in [-0.05, 0) is 50.9 Å². The lowest BCUT2D eigenvalue weighted by molar-refractivity contribution is -0.114. The van der Waals surface area contributed by atoms with Crippen molar-refractivity contribution in [3.63, 3.8) is 0 Å². The topological polar surface area (TPSA) is 44.4 Å². The average molecular weight is 291 g/mol. The largest absolute Gasteiger partial charge is 0.382 e. The number of benzene rings is 1. The van der Waals surface area contributed by atoms with Gasteiger partial charge in [0, 0.05) is 30.7 Å². The van der Waals surface area contributed by atoms with E-state index in [-0.39, 0.29) is 11.6 Å². The molecule has 2 fully saturated rings. The Morgan fingerprint density at radius 3 is 2.57 bits per heavy atom. The summed E-state index contributed by atoms with van der Waals surface area (Å²) in [5, 5.41) is 6.02. The molecular formula is C16H22FN3O. The Balaban J connectivity index is 1.69. The highest BCUT2D eigenvalue weighted by Gasteiger charge is 2.38. The lowest BCUT2D eigenvalue weighted by Gasteiger charge is -2.37. The summed E-state index contributed by atoms with van der Waals surface area (Å²) in [6.07, 6.45) is 4.81. The van der Waals surface area contributed by atoms with Crippen LogP contribution in [-0.4, -0.2) is 36.0 Å². The summed E-state index contributed by atoms with van der Waals surface area (Å²) < 4.78 is 13.6. The molecule has 4 nitrogen and oxygen atoms in total. The standard InChI is InChI=1S/C16H22FN3O/c1-10(21)18-16-9-11(3-6-15(16)17)19-12-7-13-4-5-14(8-12)20(13)2/h3,6,9,12-14,19H,4-5,7-8H2,1-2H3,(H,18,21). The van der Waals surface area contributed by atoms with E-state index in [1.807, 2.05) is 0 Å². The summed E-state index contributed by atoms with van der Waals surface area (Å²) >= 11 is 0. The van der Waals surface area contributed by atoms with Crippen molar-refractivity contribution in [3.8, 4) is 0 Å². The van der Waals surface area contributed by atoms with Crippen LogP contribution in [0.3, 0.4) is 0 Å². The fraction of sp³-hybridized carbons (Fsp3) is 0.562. The summed E-state index contributed by atoms with van der Waals surface area (Å²) in [7, 11) is 2.21. The highest BCUT2D eigenvalue weighted by Crippen LogP contribution is 2.35. The monoisotopic (exact) mass is 291 g/mol. The van der Waals surface area contributed by atoms with Crippen molar-refractivity contribution >= 4 is 17.3 Å². The number of halogens is 1. The molecule has 2 unspecified atom stereocenters. The van der Waals surface area contributed by atoms with Gasteiger partial charge in [0.1, 0.15) is 5.82 Å². The minimum Gasteiger partial charge on any atom is -0.382 e. The molecule has 2 bridgehead atoms. The van der Waals surface area contributed by atoms with Crippen LogP contribution in [0.2, 0.25) is 0 Å². The van der Waals surface area contributed by atoms with Crippen molar-refractivity contribution in [1.82, 2.24) is 4.90 Å². The lowest BCUT2D eigenvalue weighted by Crippen LogP contribution is -2.44. The molecule has 1 aromatic carbocycles. The van der Waals surface area contributed by atoms with Gasteiger partial charge in [-0.2, -0.15) is 0 Å². The number of anilines is 2. The molecule has 1 amide bonds. The second-order valence-electron chi connectivity index (χ2n) is 6.24. The fourth-order valence-corrected chi connectivity index (χ4v) is 3.67. The minimum atomic E-state index is -0.404. The Labute approximate surface area is 124 Å². The third kappa shape index (κ3) is 3.02. The van der Waals surface area contributed by atoms with E-state index in [1.54, 1.807) is 12.1 Å². The normalized spacial score (nSPS) is 28.4. The predicted octanol–water partition coefficient (Wildman–Crippen LogP) is 2.82. The van der Waals surface area contributed by atoms with E-state index in [0.29, 0.717) is 18.1 Å². The maximum absolute atomic E-state index is 13.6. The van der Waals surface area contributed by atoms with Gasteiger partial charge in [-0.15, -0.1) is 0 Å². The van der Waals surface area contributed by atoms with Gasteiger partial charge in [-0.3, -0.25) is 4.79 Å². The summed E-state index contributed by atoms with van der Waals surface area (Å²) in [5.74, 6) is -0.664. The minimum absolute atomic E-state index is 0.239. The molecule has 2 atom stereocenters. The van der Waals surface area contributed by atoms with Crippen molar-refractivity contribution in [1.29, 1.82) is 0 Å². The zero-order chi connectivity index (χ0) is 15.0. The Hall–Kier alpha value is -1.62. The zero-order valence-electron chi connectivity index (χ0n) is 12.5. The van der Waals surface area contributed by atoms with Crippen molar-refractivity contribution in [3.05, 3.63) is 24.0 Å². The molecular weight excluding hydrogens is 269 g/mol. The van der Waals surface area contributed by atoms with E-state index in [9.17, 15) is 9.18 Å². The van der Waals surface area contributed by atoms with Gasteiger partial charge >= 0.3 is 0 Å². The van der Waals surface area contributed by atoms with Crippen molar-refractivity contribution < 1.29 is 9.18 Å². The molecule has 0 saturated carbocycles. The van der Waals surface area contributed by atoms with Crippen molar-refractivity contribution in [2.45, 2.75) is 50.7 Å². The number of nitrogens with one attached hydrogen (secondary N) is 2. The number of amides is 1. The first-order valence-electron chi connectivity index (χ1n) is 7.58. The Kier molecular flexibility index (Phi) is 3.85. The Bertz CT molecular complexity index is 534. The van der Waals surface area contributed by atoms with Gasteiger partial charge in [0.05, 0.1) is 5.69 Å². The number of hydrogen-bond acceptors (Lipinski definition) is 3. The Morgan fingerprint density at radius 1 is 1.29 bits per heavy atom. The molecule has 1 aromatic rings. The van der Waals surface area contributed by atoms with Crippen LogP contribution >= 0.6 is 0 Å². The van der Waals surface area contributed by atoms with Crippen LogP contribution in [0.1, 0.15) is 32.6 Å². The molecule has 2 heterocycles. The second-order valence-corrected chi connectivity index (χ2v) is 6.24. The summed E-state index contributed by atoms with van der Waals surface area (Å²) in [6.45, 7) is 1.38. The predicted molar refractivity (Wildman–Crippen MR) is 81.9 cm³/mol.